The van der Waals surface area contributed by atoms with Gasteiger partial charge in [-0.05, 0) is 12.1 Å². The minimum Gasteiger partial charge on any atom is -0.307 e. The lowest BCUT2D eigenvalue weighted by Gasteiger charge is -2.18. The SMILES string of the molecule is N#Cc1cc(F)c(N2CC(CS(=O)(=O)Cl)CC2=O)c(F)c1. The summed E-state index contributed by atoms with van der Waals surface area (Å²) in [6, 6.07) is 3.23. The van der Waals surface area contributed by atoms with Gasteiger partial charge >= 0.3 is 0 Å². The Kier molecular flexibility index (Phi) is 4.16. The number of anilines is 1. The predicted octanol–water partition coefficient (Wildman–Crippen LogP) is 1.76. The van der Waals surface area contributed by atoms with Gasteiger partial charge in [0.15, 0.2) is 11.6 Å². The second-order valence-corrected chi connectivity index (χ2v) is 7.50. The number of rotatable bonds is 3. The van der Waals surface area contributed by atoms with Crippen molar-refractivity contribution >= 4 is 31.3 Å². The molecule has 1 unspecified atom stereocenters. The van der Waals surface area contributed by atoms with E-state index in [9.17, 15) is 22.0 Å². The largest absolute Gasteiger partial charge is 0.307 e. The summed E-state index contributed by atoms with van der Waals surface area (Å²) in [5.41, 5.74) is -0.784. The molecule has 1 fully saturated rings. The molecule has 1 amide bonds. The Morgan fingerprint density at radius 1 is 1.38 bits per heavy atom. The normalized spacial score (nSPS) is 18.9. The van der Waals surface area contributed by atoms with Crippen LogP contribution in [0.4, 0.5) is 14.5 Å². The first-order valence-corrected chi connectivity index (χ1v) is 8.31. The third-order valence-electron chi connectivity index (χ3n) is 3.06. The van der Waals surface area contributed by atoms with Gasteiger partial charge in [-0.15, -0.1) is 0 Å². The van der Waals surface area contributed by atoms with Crippen LogP contribution in [0.15, 0.2) is 12.1 Å². The summed E-state index contributed by atoms with van der Waals surface area (Å²) in [5.74, 6) is -3.77. The number of hydrogen-bond donors (Lipinski definition) is 0. The predicted molar refractivity (Wildman–Crippen MR) is 71.2 cm³/mol. The van der Waals surface area contributed by atoms with Gasteiger partial charge in [0.25, 0.3) is 0 Å². The molecule has 1 aromatic carbocycles. The Labute approximate surface area is 124 Å². The smallest absolute Gasteiger partial charge is 0.232 e. The highest BCUT2D eigenvalue weighted by Crippen LogP contribution is 2.31. The Morgan fingerprint density at radius 2 is 1.95 bits per heavy atom. The summed E-state index contributed by atoms with van der Waals surface area (Å²) < 4.78 is 49.7. The molecule has 0 aliphatic carbocycles. The average Bonchev–Trinajstić information content (AvgIpc) is 2.66. The van der Waals surface area contributed by atoms with E-state index in [0.717, 1.165) is 17.0 Å². The number of nitriles is 1. The number of amides is 1. The van der Waals surface area contributed by atoms with Gasteiger partial charge in [0.05, 0.1) is 17.4 Å². The van der Waals surface area contributed by atoms with Gasteiger partial charge in [0.2, 0.25) is 15.0 Å². The van der Waals surface area contributed by atoms with Crippen LogP contribution in [0.3, 0.4) is 0 Å². The van der Waals surface area contributed by atoms with Crippen LogP contribution < -0.4 is 4.90 Å². The second-order valence-electron chi connectivity index (χ2n) is 4.68. The second kappa shape index (κ2) is 5.58. The van der Waals surface area contributed by atoms with Gasteiger partial charge in [0, 0.05) is 29.6 Å². The zero-order chi connectivity index (χ0) is 15.8. The minimum atomic E-state index is -3.80. The Balaban J connectivity index is 2.32. The molecule has 2 rings (SSSR count). The Hall–Kier alpha value is -1.72. The first-order chi connectivity index (χ1) is 9.71. The van der Waals surface area contributed by atoms with Crippen LogP contribution in [0, 0.1) is 28.9 Å². The van der Waals surface area contributed by atoms with Crippen LogP contribution in [-0.2, 0) is 13.8 Å². The first kappa shape index (κ1) is 15.7. The summed E-state index contributed by atoms with van der Waals surface area (Å²) in [4.78, 5) is 12.7. The van der Waals surface area contributed by atoms with E-state index in [1.807, 2.05) is 0 Å². The summed E-state index contributed by atoms with van der Waals surface area (Å²) in [6.07, 6.45) is -0.162. The molecular weight excluding hydrogens is 326 g/mol. The van der Waals surface area contributed by atoms with Crippen LogP contribution in [0.1, 0.15) is 12.0 Å². The molecule has 0 saturated carbocycles. The molecule has 0 bridgehead atoms. The molecular formula is C12H9ClF2N2O3S. The molecule has 0 N–H and O–H groups in total. The zero-order valence-corrected chi connectivity index (χ0v) is 12.1. The monoisotopic (exact) mass is 334 g/mol. The fraction of sp³-hybridized carbons (Fsp3) is 0.333. The van der Waals surface area contributed by atoms with Gasteiger partial charge in [-0.25, -0.2) is 17.2 Å². The van der Waals surface area contributed by atoms with Crippen LogP contribution in [-0.4, -0.2) is 26.6 Å². The van der Waals surface area contributed by atoms with E-state index in [1.165, 1.54) is 0 Å². The quantitative estimate of drug-likeness (QED) is 0.789. The molecule has 0 spiro atoms. The van der Waals surface area contributed by atoms with E-state index < -0.39 is 44.0 Å². The van der Waals surface area contributed by atoms with Gasteiger partial charge in [0.1, 0.15) is 5.69 Å². The van der Waals surface area contributed by atoms with Crippen molar-refractivity contribution in [3.63, 3.8) is 0 Å². The van der Waals surface area contributed by atoms with Crippen molar-refractivity contribution in [3.05, 3.63) is 29.3 Å². The van der Waals surface area contributed by atoms with E-state index in [1.54, 1.807) is 6.07 Å². The van der Waals surface area contributed by atoms with Crippen LogP contribution in [0.2, 0.25) is 0 Å². The molecule has 112 valence electrons. The fourth-order valence-electron chi connectivity index (χ4n) is 2.28. The first-order valence-electron chi connectivity index (χ1n) is 5.83. The molecule has 1 atom stereocenters. The Morgan fingerprint density at radius 3 is 2.43 bits per heavy atom. The zero-order valence-electron chi connectivity index (χ0n) is 10.5. The van der Waals surface area contributed by atoms with Crippen molar-refractivity contribution in [2.75, 3.05) is 17.2 Å². The summed E-state index contributed by atoms with van der Waals surface area (Å²) in [5, 5.41) is 8.62. The molecule has 1 saturated heterocycles. The lowest BCUT2D eigenvalue weighted by Crippen LogP contribution is -2.27. The number of nitrogens with zero attached hydrogens (tertiary/aromatic N) is 2. The summed E-state index contributed by atoms with van der Waals surface area (Å²) in [7, 11) is 1.31. The van der Waals surface area contributed by atoms with Crippen LogP contribution in [0.5, 0.6) is 0 Å². The van der Waals surface area contributed by atoms with Gasteiger partial charge in [-0.2, -0.15) is 5.26 Å². The van der Waals surface area contributed by atoms with Gasteiger partial charge in [-0.3, -0.25) is 4.79 Å². The van der Waals surface area contributed by atoms with E-state index in [0.29, 0.717) is 0 Å². The molecule has 1 aliphatic rings. The number of hydrogen-bond acceptors (Lipinski definition) is 4. The van der Waals surface area contributed by atoms with Crippen molar-refractivity contribution in [2.45, 2.75) is 6.42 Å². The molecule has 0 radical (unpaired) electrons. The van der Waals surface area contributed by atoms with Gasteiger partial charge < -0.3 is 4.90 Å². The fourth-order valence-corrected chi connectivity index (χ4v) is 3.60. The molecule has 0 aromatic heterocycles. The summed E-state index contributed by atoms with van der Waals surface area (Å²) in [6.45, 7) is -0.148. The van der Waals surface area contributed by atoms with E-state index in [-0.39, 0.29) is 18.5 Å². The number of carbonyl (C=O) groups excluding carboxylic acids is 1. The molecule has 1 aromatic rings. The van der Waals surface area contributed by atoms with Gasteiger partial charge in [-0.1, -0.05) is 0 Å². The third-order valence-corrected chi connectivity index (χ3v) is 4.30. The topological polar surface area (TPSA) is 78.2 Å². The molecule has 5 nitrogen and oxygen atoms in total. The lowest BCUT2D eigenvalue weighted by molar-refractivity contribution is -0.117. The third kappa shape index (κ3) is 3.49. The molecule has 9 heteroatoms. The standard InChI is InChI=1S/C12H9ClF2N2O3S/c13-21(19,20)6-8-3-11(18)17(5-8)12-9(14)1-7(4-16)2-10(12)15/h1-2,8H,3,5-6H2. The summed E-state index contributed by atoms with van der Waals surface area (Å²) >= 11 is 0. The number of carbonyl (C=O) groups is 1. The maximum atomic E-state index is 13.9. The van der Waals surface area contributed by atoms with Crippen molar-refractivity contribution in [2.24, 2.45) is 5.92 Å². The highest BCUT2D eigenvalue weighted by atomic mass is 35.7. The maximum Gasteiger partial charge on any atom is 0.232 e. The Bertz CT molecular complexity index is 722. The molecule has 1 heterocycles. The number of halogens is 3. The van der Waals surface area contributed by atoms with Crippen molar-refractivity contribution < 1.29 is 22.0 Å². The minimum absolute atomic E-state index is 0.148. The van der Waals surface area contributed by atoms with Crippen molar-refractivity contribution in [1.29, 1.82) is 5.26 Å². The van der Waals surface area contributed by atoms with Crippen LogP contribution in [0.25, 0.3) is 0 Å². The van der Waals surface area contributed by atoms with Crippen molar-refractivity contribution in [3.8, 4) is 6.07 Å². The molecule has 21 heavy (non-hydrogen) atoms. The highest BCUT2D eigenvalue weighted by Gasteiger charge is 2.35. The average molecular weight is 335 g/mol. The van der Waals surface area contributed by atoms with E-state index in [4.69, 9.17) is 15.9 Å². The van der Waals surface area contributed by atoms with Crippen LogP contribution >= 0.6 is 10.7 Å². The number of benzene rings is 1. The lowest BCUT2D eigenvalue weighted by atomic mass is 10.1. The molecule has 1 aliphatic heterocycles. The van der Waals surface area contributed by atoms with Crippen molar-refractivity contribution in [1.82, 2.24) is 0 Å². The van der Waals surface area contributed by atoms with E-state index >= 15 is 0 Å². The van der Waals surface area contributed by atoms with E-state index in [2.05, 4.69) is 0 Å². The maximum absolute atomic E-state index is 13.9. The highest BCUT2D eigenvalue weighted by molar-refractivity contribution is 8.13.